The molecular weight excluding hydrogens is 380 g/mol. The summed E-state index contributed by atoms with van der Waals surface area (Å²) >= 11 is 0. The Balaban J connectivity index is 1.43. The molecule has 1 saturated heterocycles. The van der Waals surface area contributed by atoms with Crippen molar-refractivity contribution in [1.29, 1.82) is 0 Å². The zero-order valence-electron chi connectivity index (χ0n) is 15.6. The van der Waals surface area contributed by atoms with Gasteiger partial charge in [-0.25, -0.2) is 0 Å². The molecule has 0 aliphatic carbocycles. The van der Waals surface area contributed by atoms with Crippen LogP contribution in [0.15, 0.2) is 64.8 Å². The van der Waals surface area contributed by atoms with E-state index in [0.717, 1.165) is 5.69 Å². The van der Waals surface area contributed by atoms with Gasteiger partial charge in [0, 0.05) is 0 Å². The molecule has 156 valence electrons. The van der Waals surface area contributed by atoms with E-state index in [1.54, 1.807) is 24.3 Å². The summed E-state index contributed by atoms with van der Waals surface area (Å²) in [4.78, 5) is 0. The highest BCUT2D eigenvalue weighted by Crippen LogP contribution is 2.23. The van der Waals surface area contributed by atoms with Gasteiger partial charge in [0.05, 0.1) is 24.6 Å². The number of hydrogen-bond acceptors (Lipinski definition) is 9. The van der Waals surface area contributed by atoms with Crippen LogP contribution in [0.4, 0.5) is 11.4 Å². The first kappa shape index (κ1) is 21.3. The van der Waals surface area contributed by atoms with Crippen LogP contribution < -0.4 is 4.74 Å². The molecule has 1 heterocycles. The first-order valence-corrected chi connectivity index (χ1v) is 9.20. The third-order valence-electron chi connectivity index (χ3n) is 4.36. The molecule has 0 unspecified atom stereocenters. The highest BCUT2D eigenvalue weighted by atomic mass is 16.7. The Labute approximate surface area is 167 Å². The minimum atomic E-state index is -1.47. The van der Waals surface area contributed by atoms with Crippen LogP contribution in [0.1, 0.15) is 0 Å². The Morgan fingerprint density at radius 3 is 2.10 bits per heavy atom. The zero-order chi connectivity index (χ0) is 20.6. The van der Waals surface area contributed by atoms with Gasteiger partial charge < -0.3 is 34.6 Å². The van der Waals surface area contributed by atoms with Crippen molar-refractivity contribution in [3.8, 4) is 5.75 Å². The van der Waals surface area contributed by atoms with Gasteiger partial charge in [-0.05, 0) is 36.4 Å². The number of nitrogens with zero attached hydrogens (tertiary/aromatic N) is 2. The summed E-state index contributed by atoms with van der Waals surface area (Å²) in [5.74, 6) is 0.598. The predicted octanol–water partition coefficient (Wildman–Crippen LogP) is 1.30. The van der Waals surface area contributed by atoms with Crippen LogP contribution in [0, 0.1) is 0 Å². The minimum absolute atomic E-state index is 0.0676. The Bertz CT molecular complexity index is 770. The second-order valence-electron chi connectivity index (χ2n) is 6.45. The molecule has 5 atom stereocenters. The van der Waals surface area contributed by atoms with Crippen molar-refractivity contribution in [2.75, 3.05) is 19.8 Å². The first-order valence-electron chi connectivity index (χ1n) is 9.20. The lowest BCUT2D eigenvalue weighted by Crippen LogP contribution is -2.59. The molecule has 0 spiro atoms. The van der Waals surface area contributed by atoms with Gasteiger partial charge >= 0.3 is 0 Å². The fourth-order valence-electron chi connectivity index (χ4n) is 2.75. The van der Waals surface area contributed by atoms with E-state index in [1.807, 2.05) is 30.3 Å². The van der Waals surface area contributed by atoms with Crippen molar-refractivity contribution in [2.45, 2.75) is 30.7 Å². The van der Waals surface area contributed by atoms with Gasteiger partial charge in [-0.1, -0.05) is 18.2 Å². The lowest BCUT2D eigenvalue weighted by atomic mass is 9.99. The van der Waals surface area contributed by atoms with Crippen LogP contribution in [0.2, 0.25) is 0 Å². The van der Waals surface area contributed by atoms with Crippen LogP contribution in [-0.2, 0) is 9.47 Å². The number of aliphatic hydroxyl groups is 4. The average molecular weight is 404 g/mol. The second-order valence-corrected chi connectivity index (χ2v) is 6.45. The molecule has 9 nitrogen and oxygen atoms in total. The van der Waals surface area contributed by atoms with E-state index in [1.165, 1.54) is 0 Å². The molecule has 1 aliphatic heterocycles. The number of aliphatic hydroxyl groups excluding tert-OH is 4. The largest absolute Gasteiger partial charge is 0.491 e. The molecule has 0 bridgehead atoms. The molecule has 0 saturated carbocycles. The van der Waals surface area contributed by atoms with Gasteiger partial charge in [0.15, 0.2) is 6.29 Å². The van der Waals surface area contributed by atoms with E-state index in [9.17, 15) is 15.3 Å². The van der Waals surface area contributed by atoms with E-state index in [0.29, 0.717) is 11.4 Å². The van der Waals surface area contributed by atoms with Gasteiger partial charge in [-0.3, -0.25) is 0 Å². The van der Waals surface area contributed by atoms with Crippen molar-refractivity contribution in [3.05, 3.63) is 54.6 Å². The van der Waals surface area contributed by atoms with Gasteiger partial charge in [-0.2, -0.15) is 10.2 Å². The zero-order valence-corrected chi connectivity index (χ0v) is 15.6. The Hall–Kier alpha value is -2.40. The molecular formula is C20H24N2O7. The molecule has 0 aromatic heterocycles. The summed E-state index contributed by atoms with van der Waals surface area (Å²) in [6, 6.07) is 16.4. The molecule has 3 rings (SSSR count). The van der Waals surface area contributed by atoms with Crippen molar-refractivity contribution in [3.63, 3.8) is 0 Å². The van der Waals surface area contributed by atoms with E-state index in [4.69, 9.17) is 19.3 Å². The SMILES string of the molecule is OC[C@H]1O[C@H](OCCOc2ccc(N=Nc3ccccc3)cc2)[C@H](O)[C@@H](O)[C@@H]1O. The Morgan fingerprint density at radius 1 is 0.793 bits per heavy atom. The normalized spacial score (nSPS) is 27.2. The van der Waals surface area contributed by atoms with Crippen molar-refractivity contribution in [1.82, 2.24) is 0 Å². The number of ether oxygens (including phenoxy) is 3. The predicted molar refractivity (Wildman–Crippen MR) is 102 cm³/mol. The summed E-state index contributed by atoms with van der Waals surface area (Å²) in [6.07, 6.45) is -6.48. The fraction of sp³-hybridized carbons (Fsp3) is 0.400. The molecule has 1 fully saturated rings. The molecule has 2 aromatic carbocycles. The highest BCUT2D eigenvalue weighted by molar-refractivity contribution is 5.42. The van der Waals surface area contributed by atoms with Crippen molar-refractivity contribution in [2.24, 2.45) is 10.2 Å². The molecule has 4 N–H and O–H groups in total. The quantitative estimate of drug-likeness (QED) is 0.385. The monoisotopic (exact) mass is 404 g/mol. The van der Waals surface area contributed by atoms with Crippen LogP contribution >= 0.6 is 0 Å². The topological polar surface area (TPSA) is 133 Å². The van der Waals surface area contributed by atoms with Gasteiger partial charge in [0.2, 0.25) is 0 Å². The molecule has 1 aliphatic rings. The van der Waals surface area contributed by atoms with Crippen LogP contribution in [-0.4, -0.2) is 71.0 Å². The fourth-order valence-corrected chi connectivity index (χ4v) is 2.75. The van der Waals surface area contributed by atoms with Crippen molar-refractivity contribution < 1.29 is 34.6 Å². The molecule has 0 amide bonds. The summed E-state index contributed by atoms with van der Waals surface area (Å²) < 4.78 is 16.2. The third-order valence-corrected chi connectivity index (χ3v) is 4.36. The smallest absolute Gasteiger partial charge is 0.186 e. The maximum absolute atomic E-state index is 9.90. The average Bonchev–Trinajstić information content (AvgIpc) is 2.76. The van der Waals surface area contributed by atoms with Gasteiger partial charge in [-0.15, -0.1) is 0 Å². The number of azo groups is 1. The summed E-state index contributed by atoms with van der Waals surface area (Å²) in [5, 5.41) is 46.8. The molecule has 0 radical (unpaired) electrons. The summed E-state index contributed by atoms with van der Waals surface area (Å²) in [5.41, 5.74) is 1.44. The third kappa shape index (κ3) is 5.80. The number of hydrogen-bond donors (Lipinski definition) is 4. The first-order chi connectivity index (χ1) is 14.1. The van der Waals surface area contributed by atoms with Crippen molar-refractivity contribution >= 4 is 11.4 Å². The Kier molecular flexibility index (Phi) is 7.64. The maximum Gasteiger partial charge on any atom is 0.186 e. The lowest BCUT2D eigenvalue weighted by Gasteiger charge is -2.39. The van der Waals surface area contributed by atoms with E-state index in [-0.39, 0.29) is 13.2 Å². The lowest BCUT2D eigenvalue weighted by molar-refractivity contribution is -0.301. The van der Waals surface area contributed by atoms with Gasteiger partial charge in [0.25, 0.3) is 0 Å². The summed E-state index contributed by atoms with van der Waals surface area (Å²) in [7, 11) is 0. The second kappa shape index (κ2) is 10.4. The molecule has 2 aromatic rings. The highest BCUT2D eigenvalue weighted by Gasteiger charge is 2.43. The van der Waals surface area contributed by atoms with Crippen LogP contribution in [0.25, 0.3) is 0 Å². The van der Waals surface area contributed by atoms with E-state index in [2.05, 4.69) is 10.2 Å². The van der Waals surface area contributed by atoms with E-state index >= 15 is 0 Å². The minimum Gasteiger partial charge on any atom is -0.491 e. The van der Waals surface area contributed by atoms with Crippen LogP contribution in [0.3, 0.4) is 0 Å². The summed E-state index contributed by atoms with van der Waals surface area (Å²) in [6.45, 7) is -0.271. The van der Waals surface area contributed by atoms with Gasteiger partial charge in [0.1, 0.15) is 36.8 Å². The number of rotatable bonds is 8. The van der Waals surface area contributed by atoms with Crippen LogP contribution in [0.5, 0.6) is 5.75 Å². The van der Waals surface area contributed by atoms with E-state index < -0.39 is 37.3 Å². The number of benzene rings is 2. The Morgan fingerprint density at radius 2 is 1.45 bits per heavy atom. The molecule has 9 heteroatoms. The maximum atomic E-state index is 9.90. The standard InChI is InChI=1S/C20H24N2O7/c23-12-16-17(24)18(25)19(26)20(29-16)28-11-10-27-15-8-6-14(7-9-15)22-21-13-4-2-1-3-5-13/h1-9,16-20,23-26H,10-12H2/t16-,17-,18+,19-,20+/m1/s1. The molecule has 29 heavy (non-hydrogen) atoms.